The summed E-state index contributed by atoms with van der Waals surface area (Å²) in [7, 11) is 1.83. The number of hydrogen-bond acceptors (Lipinski definition) is 3. The molecule has 0 spiro atoms. The highest BCUT2D eigenvalue weighted by molar-refractivity contribution is 5.89. The van der Waals surface area contributed by atoms with E-state index >= 15 is 0 Å². The Hall–Kier alpha value is -2.23. The lowest BCUT2D eigenvalue weighted by Crippen LogP contribution is -2.02. The van der Waals surface area contributed by atoms with Crippen molar-refractivity contribution >= 4 is 16.9 Å². The zero-order chi connectivity index (χ0) is 11.7. The van der Waals surface area contributed by atoms with Crippen molar-refractivity contribution in [2.24, 2.45) is 7.05 Å². The van der Waals surface area contributed by atoms with Crippen LogP contribution < -0.4 is 4.74 Å². The Kier molecular flexibility index (Phi) is 2.40. The van der Waals surface area contributed by atoms with Gasteiger partial charge in [-0.1, -0.05) is 6.58 Å². The quantitative estimate of drug-likeness (QED) is 0.475. The van der Waals surface area contributed by atoms with Crippen LogP contribution in [0.25, 0.3) is 10.9 Å². The molecule has 0 aliphatic rings. The number of benzene rings is 1. The molecule has 0 atom stereocenters. The first-order chi connectivity index (χ1) is 7.61. The van der Waals surface area contributed by atoms with Crippen LogP contribution in [0, 0.1) is 0 Å². The van der Waals surface area contributed by atoms with Gasteiger partial charge in [0, 0.05) is 24.7 Å². The predicted molar refractivity (Wildman–Crippen MR) is 60.4 cm³/mol. The summed E-state index contributed by atoms with van der Waals surface area (Å²) >= 11 is 0. The van der Waals surface area contributed by atoms with Crippen molar-refractivity contribution < 1.29 is 14.6 Å². The number of carbonyl (C=O) groups is 1. The number of aryl methyl sites for hydroxylation is 1. The third-order valence-corrected chi connectivity index (χ3v) is 2.33. The highest BCUT2D eigenvalue weighted by atomic mass is 16.5. The number of fused-ring (bicyclic) bond motifs is 1. The summed E-state index contributed by atoms with van der Waals surface area (Å²) in [4.78, 5) is 11.0. The molecule has 0 aliphatic heterocycles. The van der Waals surface area contributed by atoms with Crippen molar-refractivity contribution in [2.75, 3.05) is 0 Å². The van der Waals surface area contributed by atoms with E-state index in [1.807, 2.05) is 7.05 Å². The van der Waals surface area contributed by atoms with Crippen LogP contribution in [0.3, 0.4) is 0 Å². The third kappa shape index (κ3) is 1.65. The minimum Gasteiger partial charge on any atom is -0.506 e. The van der Waals surface area contributed by atoms with Gasteiger partial charge < -0.3 is 14.4 Å². The van der Waals surface area contributed by atoms with E-state index in [1.165, 1.54) is 0 Å². The van der Waals surface area contributed by atoms with Gasteiger partial charge in [0.1, 0.15) is 11.5 Å². The van der Waals surface area contributed by atoms with Crippen molar-refractivity contribution in [1.29, 1.82) is 0 Å². The molecule has 0 amide bonds. The van der Waals surface area contributed by atoms with Gasteiger partial charge in [-0.15, -0.1) is 0 Å². The minimum absolute atomic E-state index is 0.161. The summed E-state index contributed by atoms with van der Waals surface area (Å²) in [5.74, 6) is 0.0303. The van der Waals surface area contributed by atoms with Crippen LogP contribution in [0.5, 0.6) is 11.5 Å². The SMILES string of the molecule is C=CC(=O)Oc1ccc2c(c1)c(O)cn2C. The molecule has 0 saturated carbocycles. The maximum Gasteiger partial charge on any atom is 0.335 e. The molecule has 0 bridgehead atoms. The first-order valence-corrected chi connectivity index (χ1v) is 4.74. The van der Waals surface area contributed by atoms with Crippen LogP contribution in [-0.2, 0) is 11.8 Å². The number of nitrogens with zero attached hydrogens (tertiary/aromatic N) is 1. The van der Waals surface area contributed by atoms with Gasteiger partial charge in [0.25, 0.3) is 0 Å². The molecule has 2 rings (SSSR count). The normalized spacial score (nSPS) is 10.3. The molecule has 1 heterocycles. The van der Waals surface area contributed by atoms with Crippen LogP contribution in [0.4, 0.5) is 0 Å². The number of rotatable bonds is 2. The molecule has 1 aromatic carbocycles. The molecule has 0 saturated heterocycles. The molecule has 0 aliphatic carbocycles. The zero-order valence-electron chi connectivity index (χ0n) is 8.80. The lowest BCUT2D eigenvalue weighted by Gasteiger charge is -2.01. The van der Waals surface area contributed by atoms with Gasteiger partial charge in [-0.3, -0.25) is 0 Å². The van der Waals surface area contributed by atoms with Crippen LogP contribution >= 0.6 is 0 Å². The zero-order valence-corrected chi connectivity index (χ0v) is 8.80. The Balaban J connectivity index is 2.47. The molecular formula is C12H11NO3. The molecule has 2 aromatic rings. The Morgan fingerprint density at radius 3 is 3.00 bits per heavy atom. The fraction of sp³-hybridized carbons (Fsp3) is 0.0833. The van der Waals surface area contributed by atoms with Gasteiger partial charge in [-0.05, 0) is 18.2 Å². The Bertz CT molecular complexity index is 569. The smallest absolute Gasteiger partial charge is 0.335 e. The topological polar surface area (TPSA) is 51.5 Å². The van der Waals surface area contributed by atoms with E-state index in [0.717, 1.165) is 11.6 Å². The molecule has 0 unspecified atom stereocenters. The summed E-state index contributed by atoms with van der Waals surface area (Å²) in [6, 6.07) is 5.07. The molecule has 16 heavy (non-hydrogen) atoms. The summed E-state index contributed by atoms with van der Waals surface area (Å²) < 4.78 is 6.75. The summed E-state index contributed by atoms with van der Waals surface area (Å²) in [5.41, 5.74) is 0.871. The van der Waals surface area contributed by atoms with Crippen LogP contribution in [0.2, 0.25) is 0 Å². The van der Waals surface area contributed by atoms with Gasteiger partial charge >= 0.3 is 5.97 Å². The van der Waals surface area contributed by atoms with Gasteiger partial charge in [-0.2, -0.15) is 0 Å². The van der Waals surface area contributed by atoms with Crippen molar-refractivity contribution in [1.82, 2.24) is 4.57 Å². The fourth-order valence-corrected chi connectivity index (χ4v) is 1.57. The second-order valence-corrected chi connectivity index (χ2v) is 3.43. The Labute approximate surface area is 92.4 Å². The Morgan fingerprint density at radius 1 is 1.56 bits per heavy atom. The summed E-state index contributed by atoms with van der Waals surface area (Å²) in [6.45, 7) is 3.31. The van der Waals surface area contributed by atoms with Crippen molar-refractivity contribution in [3.8, 4) is 11.5 Å². The second-order valence-electron chi connectivity index (χ2n) is 3.43. The Morgan fingerprint density at radius 2 is 2.31 bits per heavy atom. The van der Waals surface area contributed by atoms with Crippen molar-refractivity contribution in [2.45, 2.75) is 0 Å². The number of aromatic nitrogens is 1. The van der Waals surface area contributed by atoms with Gasteiger partial charge in [0.15, 0.2) is 0 Å². The van der Waals surface area contributed by atoms with E-state index in [1.54, 1.807) is 29.0 Å². The van der Waals surface area contributed by atoms with E-state index in [4.69, 9.17) is 4.74 Å². The first-order valence-electron chi connectivity index (χ1n) is 4.74. The van der Waals surface area contributed by atoms with Crippen LogP contribution in [0.1, 0.15) is 0 Å². The van der Waals surface area contributed by atoms with Gasteiger partial charge in [0.05, 0.1) is 5.52 Å². The van der Waals surface area contributed by atoms with Crippen molar-refractivity contribution in [3.63, 3.8) is 0 Å². The van der Waals surface area contributed by atoms with Gasteiger partial charge in [-0.25, -0.2) is 4.79 Å². The minimum atomic E-state index is -0.519. The van der Waals surface area contributed by atoms with Crippen LogP contribution in [0.15, 0.2) is 37.1 Å². The summed E-state index contributed by atoms with van der Waals surface area (Å²) in [6.07, 6.45) is 2.69. The largest absolute Gasteiger partial charge is 0.506 e. The summed E-state index contributed by atoms with van der Waals surface area (Å²) in [5, 5.41) is 10.3. The lowest BCUT2D eigenvalue weighted by atomic mass is 10.2. The molecular weight excluding hydrogens is 206 g/mol. The number of aromatic hydroxyl groups is 1. The highest BCUT2D eigenvalue weighted by Crippen LogP contribution is 2.29. The maximum absolute atomic E-state index is 11.0. The molecule has 1 N–H and O–H groups in total. The van der Waals surface area contributed by atoms with E-state index in [9.17, 15) is 9.90 Å². The second kappa shape index (κ2) is 3.73. The molecule has 4 nitrogen and oxygen atoms in total. The molecule has 1 aromatic heterocycles. The monoisotopic (exact) mass is 217 g/mol. The predicted octanol–water partition coefficient (Wildman–Crippen LogP) is 1.98. The molecule has 82 valence electrons. The fourth-order valence-electron chi connectivity index (χ4n) is 1.57. The standard InChI is InChI=1S/C12H11NO3/c1-3-12(15)16-8-4-5-10-9(6-8)11(14)7-13(10)2/h3-7,14H,1H2,2H3. The number of hydrogen-bond donors (Lipinski definition) is 1. The average Bonchev–Trinajstić information content (AvgIpc) is 2.54. The van der Waals surface area contributed by atoms with Crippen molar-refractivity contribution in [3.05, 3.63) is 37.1 Å². The van der Waals surface area contributed by atoms with E-state index in [2.05, 4.69) is 6.58 Å². The third-order valence-electron chi connectivity index (χ3n) is 2.33. The lowest BCUT2D eigenvalue weighted by molar-refractivity contribution is -0.128. The van der Waals surface area contributed by atoms with E-state index < -0.39 is 5.97 Å². The highest BCUT2D eigenvalue weighted by Gasteiger charge is 2.07. The molecule has 4 heteroatoms. The molecule has 0 radical (unpaired) electrons. The van der Waals surface area contributed by atoms with Gasteiger partial charge in [0.2, 0.25) is 0 Å². The number of carbonyl (C=O) groups excluding carboxylic acids is 1. The molecule has 0 fully saturated rings. The first kappa shape index (κ1) is 10.3. The van der Waals surface area contributed by atoms with Crippen LogP contribution in [-0.4, -0.2) is 15.6 Å². The van der Waals surface area contributed by atoms with E-state index in [-0.39, 0.29) is 5.75 Å². The number of esters is 1. The number of ether oxygens (including phenoxy) is 1. The average molecular weight is 217 g/mol. The maximum atomic E-state index is 11.0. The van der Waals surface area contributed by atoms with E-state index in [0.29, 0.717) is 11.1 Å².